The third-order valence-electron chi connectivity index (χ3n) is 3.13. The Balaban J connectivity index is 1.69. The van der Waals surface area contributed by atoms with Crippen LogP contribution in [0.15, 0.2) is 54.6 Å². The van der Waals surface area contributed by atoms with Gasteiger partial charge in [-0.15, -0.1) is 0 Å². The minimum atomic E-state index is 0.682. The third kappa shape index (κ3) is 5.44. The second-order valence-electron chi connectivity index (χ2n) is 4.70. The Labute approximate surface area is 131 Å². The van der Waals surface area contributed by atoms with Gasteiger partial charge in [-0.2, -0.15) is 0 Å². The van der Waals surface area contributed by atoms with E-state index in [0.29, 0.717) is 5.11 Å². The number of hydrogen-bond acceptors (Lipinski definition) is 2. The van der Waals surface area contributed by atoms with Gasteiger partial charge in [0.2, 0.25) is 0 Å². The smallest absolute Gasteiger partial charge is 0.166 e. The van der Waals surface area contributed by atoms with Crippen molar-refractivity contribution >= 4 is 17.3 Å². The van der Waals surface area contributed by atoms with Crippen LogP contribution in [0.3, 0.4) is 0 Å². The molecule has 0 atom stereocenters. The molecule has 0 saturated carbocycles. The first kappa shape index (κ1) is 15.3. The zero-order valence-electron chi connectivity index (χ0n) is 12.1. The molecule has 3 nitrogen and oxygen atoms in total. The average Bonchev–Trinajstić information content (AvgIpc) is 2.54. The van der Waals surface area contributed by atoms with Gasteiger partial charge < -0.3 is 15.4 Å². The summed E-state index contributed by atoms with van der Waals surface area (Å²) in [5.74, 6) is 0.886. The normalized spacial score (nSPS) is 9.95. The largest absolute Gasteiger partial charge is 0.497 e. The molecule has 0 amide bonds. The van der Waals surface area contributed by atoms with Gasteiger partial charge in [0.05, 0.1) is 7.11 Å². The maximum absolute atomic E-state index is 5.27. The van der Waals surface area contributed by atoms with Crippen LogP contribution in [-0.4, -0.2) is 18.8 Å². The highest BCUT2D eigenvalue weighted by Gasteiger charge is 1.98. The van der Waals surface area contributed by atoms with Crippen molar-refractivity contribution in [2.75, 3.05) is 13.7 Å². The molecule has 0 unspecified atom stereocenters. The Hall–Kier alpha value is -2.07. The molecule has 0 aliphatic rings. The molecule has 4 heteroatoms. The van der Waals surface area contributed by atoms with Crippen LogP contribution in [0, 0.1) is 0 Å². The summed E-state index contributed by atoms with van der Waals surface area (Å²) in [6.45, 7) is 1.54. The van der Waals surface area contributed by atoms with Gasteiger partial charge in [0.15, 0.2) is 5.11 Å². The van der Waals surface area contributed by atoms with E-state index in [1.54, 1.807) is 7.11 Å². The van der Waals surface area contributed by atoms with Gasteiger partial charge in [-0.05, 0) is 41.9 Å². The van der Waals surface area contributed by atoms with E-state index in [2.05, 4.69) is 28.8 Å². The van der Waals surface area contributed by atoms with Crippen molar-refractivity contribution in [1.29, 1.82) is 0 Å². The van der Waals surface area contributed by atoms with Gasteiger partial charge in [-0.25, -0.2) is 0 Å². The number of rotatable bonds is 6. The van der Waals surface area contributed by atoms with E-state index >= 15 is 0 Å². The molecule has 2 aromatic carbocycles. The number of benzene rings is 2. The van der Waals surface area contributed by atoms with Crippen LogP contribution in [0.1, 0.15) is 11.1 Å². The molecule has 0 bridgehead atoms. The zero-order chi connectivity index (χ0) is 14.9. The molecule has 0 fully saturated rings. The summed E-state index contributed by atoms with van der Waals surface area (Å²) < 4.78 is 5.21. The molecule has 2 aromatic rings. The molecule has 2 N–H and O–H groups in total. The van der Waals surface area contributed by atoms with E-state index in [4.69, 9.17) is 17.0 Å². The molecule has 0 aliphatic carbocycles. The summed E-state index contributed by atoms with van der Waals surface area (Å²) in [4.78, 5) is 0. The van der Waals surface area contributed by atoms with Crippen LogP contribution in [0.2, 0.25) is 0 Å². The third-order valence-corrected chi connectivity index (χ3v) is 3.42. The molecule has 2 rings (SSSR count). The van der Waals surface area contributed by atoms with Crippen molar-refractivity contribution in [2.24, 2.45) is 0 Å². The first-order valence-corrected chi connectivity index (χ1v) is 7.37. The molecular formula is C17H20N2OS. The number of methoxy groups -OCH3 is 1. The summed E-state index contributed by atoms with van der Waals surface area (Å²) >= 11 is 5.27. The van der Waals surface area contributed by atoms with Crippen molar-refractivity contribution in [3.8, 4) is 5.75 Å². The van der Waals surface area contributed by atoms with Crippen LogP contribution >= 0.6 is 12.2 Å². The van der Waals surface area contributed by atoms with E-state index < -0.39 is 0 Å². The van der Waals surface area contributed by atoms with Gasteiger partial charge >= 0.3 is 0 Å². The zero-order valence-corrected chi connectivity index (χ0v) is 13.0. The monoisotopic (exact) mass is 300 g/mol. The molecule has 0 heterocycles. The highest BCUT2D eigenvalue weighted by Crippen LogP contribution is 2.12. The Bertz CT molecular complexity index is 572. The van der Waals surface area contributed by atoms with E-state index in [-0.39, 0.29) is 0 Å². The lowest BCUT2D eigenvalue weighted by molar-refractivity contribution is 0.414. The van der Waals surface area contributed by atoms with Crippen LogP contribution in [0.5, 0.6) is 5.75 Å². The van der Waals surface area contributed by atoms with E-state index in [1.807, 2.05) is 36.4 Å². The van der Waals surface area contributed by atoms with Crippen molar-refractivity contribution in [3.05, 3.63) is 65.7 Å². The lowest BCUT2D eigenvalue weighted by Crippen LogP contribution is -2.35. The van der Waals surface area contributed by atoms with Gasteiger partial charge in [-0.3, -0.25) is 0 Å². The Kier molecular flexibility index (Phi) is 6.03. The quantitative estimate of drug-likeness (QED) is 0.804. The second-order valence-corrected chi connectivity index (χ2v) is 5.10. The minimum absolute atomic E-state index is 0.682. The van der Waals surface area contributed by atoms with E-state index in [0.717, 1.165) is 25.3 Å². The Morgan fingerprint density at radius 2 is 1.76 bits per heavy atom. The van der Waals surface area contributed by atoms with Crippen molar-refractivity contribution in [3.63, 3.8) is 0 Å². The topological polar surface area (TPSA) is 33.3 Å². The van der Waals surface area contributed by atoms with E-state index in [9.17, 15) is 0 Å². The molecule has 21 heavy (non-hydrogen) atoms. The highest BCUT2D eigenvalue weighted by atomic mass is 32.1. The first-order chi connectivity index (χ1) is 10.3. The van der Waals surface area contributed by atoms with Crippen molar-refractivity contribution in [2.45, 2.75) is 13.0 Å². The fourth-order valence-electron chi connectivity index (χ4n) is 1.99. The predicted molar refractivity (Wildman–Crippen MR) is 90.6 cm³/mol. The molecule has 0 radical (unpaired) electrons. The van der Waals surface area contributed by atoms with Crippen molar-refractivity contribution in [1.82, 2.24) is 10.6 Å². The Morgan fingerprint density at radius 3 is 2.52 bits per heavy atom. The maximum Gasteiger partial charge on any atom is 0.166 e. The van der Waals surface area contributed by atoms with Crippen LogP contribution in [0.25, 0.3) is 0 Å². The minimum Gasteiger partial charge on any atom is -0.497 e. The standard InChI is InChI=1S/C17H20N2OS/c1-20-16-9-5-8-14(12-16)10-11-18-17(21)19-13-15-6-3-2-4-7-15/h2-9,12H,10-11,13H2,1H3,(H2,18,19,21). The fraction of sp³-hybridized carbons (Fsp3) is 0.235. The molecule has 0 aliphatic heterocycles. The molecule has 0 spiro atoms. The van der Waals surface area contributed by atoms with Crippen molar-refractivity contribution < 1.29 is 4.74 Å². The molecule has 0 saturated heterocycles. The molecule has 0 aromatic heterocycles. The van der Waals surface area contributed by atoms with Gasteiger partial charge in [-0.1, -0.05) is 42.5 Å². The van der Waals surface area contributed by atoms with E-state index in [1.165, 1.54) is 11.1 Å². The first-order valence-electron chi connectivity index (χ1n) is 6.96. The number of hydrogen-bond donors (Lipinski definition) is 2. The van der Waals surface area contributed by atoms with Gasteiger partial charge in [0.25, 0.3) is 0 Å². The maximum atomic E-state index is 5.27. The van der Waals surface area contributed by atoms with Gasteiger partial charge in [0, 0.05) is 13.1 Å². The SMILES string of the molecule is COc1cccc(CCNC(=S)NCc2ccccc2)c1. The molecular weight excluding hydrogens is 280 g/mol. The number of ether oxygens (including phenoxy) is 1. The van der Waals surface area contributed by atoms with Crippen LogP contribution in [0.4, 0.5) is 0 Å². The Morgan fingerprint density at radius 1 is 1.00 bits per heavy atom. The highest BCUT2D eigenvalue weighted by molar-refractivity contribution is 7.80. The number of nitrogens with one attached hydrogen (secondary N) is 2. The average molecular weight is 300 g/mol. The summed E-state index contributed by atoms with van der Waals surface area (Å²) in [5, 5.41) is 7.10. The predicted octanol–water partition coefficient (Wildman–Crippen LogP) is 2.90. The van der Waals surface area contributed by atoms with Crippen LogP contribution in [-0.2, 0) is 13.0 Å². The second kappa shape index (κ2) is 8.27. The fourth-order valence-corrected chi connectivity index (χ4v) is 2.16. The summed E-state index contributed by atoms with van der Waals surface area (Å²) in [6, 6.07) is 18.3. The number of thiocarbonyl (C=S) groups is 1. The summed E-state index contributed by atoms with van der Waals surface area (Å²) in [6.07, 6.45) is 0.907. The lowest BCUT2D eigenvalue weighted by atomic mass is 10.1. The van der Waals surface area contributed by atoms with Gasteiger partial charge in [0.1, 0.15) is 5.75 Å². The summed E-state index contributed by atoms with van der Waals surface area (Å²) in [5.41, 5.74) is 2.45. The van der Waals surface area contributed by atoms with Crippen LogP contribution < -0.4 is 15.4 Å². The molecule has 110 valence electrons. The summed E-state index contributed by atoms with van der Waals surface area (Å²) in [7, 11) is 1.68. The lowest BCUT2D eigenvalue weighted by Gasteiger charge is -2.11.